The van der Waals surface area contributed by atoms with Gasteiger partial charge in [0.05, 0.1) is 37.4 Å². The number of fused-ring (bicyclic) bond motifs is 2. The van der Waals surface area contributed by atoms with E-state index in [1.165, 1.54) is 19.1 Å². The lowest BCUT2D eigenvalue weighted by molar-refractivity contribution is -0.149. The van der Waals surface area contributed by atoms with Gasteiger partial charge >= 0.3 is 10.4 Å². The maximum atomic E-state index is 14.7. The van der Waals surface area contributed by atoms with Gasteiger partial charge in [-0.25, -0.2) is 0 Å². The molecule has 4 aromatic rings. The molecule has 31 heteroatoms. The number of phenols is 1. The van der Waals surface area contributed by atoms with Crippen LogP contribution in [-0.2, 0) is 44.0 Å². The van der Waals surface area contributed by atoms with E-state index >= 15 is 0 Å². The predicted octanol–water partition coefficient (Wildman–Crippen LogP) is -3.28. The SMILES string of the molecule is CCCCOc1ccc(-c2ccc(-c3ccc(C(=O)N[C@H]4C[C@@H](O)[C@@H](O)NC(=O)[C@@H]5[C@@H](O)[C@@H](C)CN5C(=O)[C@H]([C@H](O)CC(N)=O)NC(=O)[C@H]([C@H](O)[C@@H](O)c5ccc(O)c(OS(=O)(=O)O)c5)NC(=O)[C@@H]5C[C@@H](O)CN5C(=O)[C@H]([C@@H](C)O)NC4=O)cc3)cc2)cc1. The highest BCUT2D eigenvalue weighted by molar-refractivity contribution is 7.81. The van der Waals surface area contributed by atoms with E-state index in [1.807, 2.05) is 59.2 Å². The lowest BCUT2D eigenvalue weighted by Gasteiger charge is -2.34. The number of benzene rings is 4. The van der Waals surface area contributed by atoms with Crippen molar-refractivity contribution in [2.24, 2.45) is 11.7 Å². The maximum Gasteiger partial charge on any atom is 0.446 e. The minimum absolute atomic E-state index is 0.0515. The smallest absolute Gasteiger partial charge is 0.446 e. The van der Waals surface area contributed by atoms with Gasteiger partial charge in [0, 0.05) is 37.4 Å². The van der Waals surface area contributed by atoms with Crippen molar-refractivity contribution >= 4 is 57.7 Å². The fraction of sp³-hybridized carbons (Fsp3) is 0.448. The van der Waals surface area contributed by atoms with Gasteiger partial charge < -0.3 is 97.0 Å². The van der Waals surface area contributed by atoms with E-state index in [9.17, 15) is 97.3 Å². The summed E-state index contributed by atoms with van der Waals surface area (Å²) < 4.78 is 42.5. The molecule has 0 bridgehead atoms. The molecule has 3 heterocycles. The zero-order valence-corrected chi connectivity index (χ0v) is 49.0. The minimum Gasteiger partial charge on any atom is -0.504 e. The van der Waals surface area contributed by atoms with Crippen LogP contribution >= 0.6 is 0 Å². The molecule has 30 nitrogen and oxygen atoms in total. The highest BCUT2D eigenvalue weighted by atomic mass is 32.3. The third-order valence-corrected chi connectivity index (χ3v) is 15.8. The van der Waals surface area contributed by atoms with Crippen LogP contribution in [0.25, 0.3) is 22.3 Å². The third kappa shape index (κ3) is 16.9. The first-order valence-electron chi connectivity index (χ1n) is 28.3. The second-order valence-electron chi connectivity index (χ2n) is 22.1. The molecule has 482 valence electrons. The van der Waals surface area contributed by atoms with Crippen molar-refractivity contribution < 1.29 is 106 Å². The van der Waals surface area contributed by atoms with Crippen LogP contribution in [0.3, 0.4) is 0 Å². The molecular weight excluding hydrogens is 1190 g/mol. The fourth-order valence-electron chi connectivity index (χ4n) is 10.5. The van der Waals surface area contributed by atoms with Crippen molar-refractivity contribution in [3.05, 3.63) is 102 Å². The number of aliphatic hydroxyl groups excluding tert-OH is 8. The van der Waals surface area contributed by atoms with Crippen molar-refractivity contribution in [2.45, 2.75) is 138 Å². The molecule has 7 rings (SSSR count). The summed E-state index contributed by atoms with van der Waals surface area (Å²) in [6.07, 6.45) is -18.2. The first-order valence-corrected chi connectivity index (χ1v) is 29.6. The largest absolute Gasteiger partial charge is 0.504 e. The number of rotatable bonds is 17. The molecule has 3 aliphatic rings. The van der Waals surface area contributed by atoms with Crippen LogP contribution in [0.2, 0.25) is 0 Å². The molecule has 3 saturated heterocycles. The Morgan fingerprint density at radius 3 is 1.85 bits per heavy atom. The number of hydrogen-bond donors (Lipinski definition) is 16. The summed E-state index contributed by atoms with van der Waals surface area (Å²) in [6, 6.07) is 10.3. The quantitative estimate of drug-likeness (QED) is 0.0364. The highest BCUT2D eigenvalue weighted by Crippen LogP contribution is 2.33. The highest BCUT2D eigenvalue weighted by Gasteiger charge is 2.51. The van der Waals surface area contributed by atoms with Crippen LogP contribution in [0, 0.1) is 5.92 Å². The fourth-order valence-corrected chi connectivity index (χ4v) is 10.9. The molecule has 0 saturated carbocycles. The van der Waals surface area contributed by atoms with Gasteiger partial charge in [-0.3, -0.25) is 42.9 Å². The van der Waals surface area contributed by atoms with Crippen LogP contribution in [0.15, 0.2) is 91.0 Å². The van der Waals surface area contributed by atoms with Gasteiger partial charge in [-0.1, -0.05) is 74.9 Å². The molecule has 8 amide bonds. The van der Waals surface area contributed by atoms with E-state index in [2.05, 4.69) is 27.1 Å². The maximum absolute atomic E-state index is 14.7. The topological polar surface area (TPSA) is 484 Å². The number of nitrogens with zero attached hydrogens (tertiary/aromatic N) is 2. The summed E-state index contributed by atoms with van der Waals surface area (Å²) in [7, 11) is -5.35. The Kier molecular flexibility index (Phi) is 22.4. The first-order chi connectivity index (χ1) is 42.0. The van der Waals surface area contributed by atoms with Crippen LogP contribution in [0.4, 0.5) is 0 Å². The average molecular weight is 1270 g/mol. The molecule has 0 unspecified atom stereocenters. The van der Waals surface area contributed by atoms with Gasteiger partial charge in [0.2, 0.25) is 41.4 Å². The van der Waals surface area contributed by atoms with E-state index in [-0.39, 0.29) is 5.56 Å². The van der Waals surface area contributed by atoms with Crippen molar-refractivity contribution in [3.8, 4) is 39.5 Å². The number of nitrogens with one attached hydrogen (secondary N) is 5. The molecule has 17 N–H and O–H groups in total. The lowest BCUT2D eigenvalue weighted by atomic mass is 9.96. The predicted molar refractivity (Wildman–Crippen MR) is 309 cm³/mol. The zero-order valence-electron chi connectivity index (χ0n) is 48.2. The molecule has 0 spiro atoms. The van der Waals surface area contributed by atoms with Crippen molar-refractivity contribution in [2.75, 3.05) is 19.7 Å². The summed E-state index contributed by atoms with van der Waals surface area (Å²) >= 11 is 0. The number of primary amides is 1. The Labute approximate surface area is 509 Å². The number of aromatic hydroxyl groups is 1. The summed E-state index contributed by atoms with van der Waals surface area (Å²) in [6.45, 7) is 3.79. The lowest BCUT2D eigenvalue weighted by Crippen LogP contribution is -2.64. The number of unbranched alkanes of at least 4 members (excludes halogenated alkanes) is 1. The second kappa shape index (κ2) is 29.3. The van der Waals surface area contributed by atoms with Crippen LogP contribution < -0.4 is 41.2 Å². The minimum atomic E-state index is -5.35. The third-order valence-electron chi connectivity index (χ3n) is 15.4. The molecule has 0 aliphatic carbocycles. The van der Waals surface area contributed by atoms with Gasteiger partial charge in [-0.2, -0.15) is 8.42 Å². The number of amides is 8. The average Bonchev–Trinajstić information content (AvgIpc) is 2.01. The number of nitrogens with two attached hydrogens (primary N) is 1. The van der Waals surface area contributed by atoms with E-state index in [0.29, 0.717) is 28.0 Å². The summed E-state index contributed by atoms with van der Waals surface area (Å²) in [4.78, 5) is 115. The Morgan fingerprint density at radius 1 is 0.719 bits per heavy atom. The Balaban J connectivity index is 1.23. The summed E-state index contributed by atoms with van der Waals surface area (Å²) in [5.74, 6) is -13.1. The number of ether oxygens (including phenoxy) is 1. The van der Waals surface area contributed by atoms with Gasteiger partial charge in [-0.05, 0) is 77.6 Å². The Hall–Kier alpha value is -8.37. The molecule has 4 aromatic carbocycles. The van der Waals surface area contributed by atoms with Crippen molar-refractivity contribution in [3.63, 3.8) is 0 Å². The molecule has 3 aliphatic heterocycles. The number of phenolic OH excluding ortho intramolecular Hbond substituents is 1. The van der Waals surface area contributed by atoms with Gasteiger partial charge in [0.25, 0.3) is 5.91 Å². The van der Waals surface area contributed by atoms with E-state index in [4.69, 9.17) is 10.5 Å². The molecule has 0 radical (unpaired) electrons. The van der Waals surface area contributed by atoms with Gasteiger partial charge in [0.15, 0.2) is 17.7 Å². The number of aliphatic hydroxyl groups is 8. The zero-order chi connectivity index (χ0) is 65.3. The number of carbonyl (C=O) groups excluding carboxylic acids is 8. The number of carbonyl (C=O) groups is 8. The van der Waals surface area contributed by atoms with Crippen molar-refractivity contribution in [1.82, 2.24) is 36.4 Å². The normalized spacial score (nSPS) is 26.4. The van der Waals surface area contributed by atoms with Gasteiger partial charge in [-0.15, -0.1) is 0 Å². The second-order valence-corrected chi connectivity index (χ2v) is 23.1. The molecule has 0 aromatic heterocycles. The van der Waals surface area contributed by atoms with E-state index in [0.717, 1.165) is 54.3 Å². The van der Waals surface area contributed by atoms with Gasteiger partial charge in [0.1, 0.15) is 60.3 Å². The van der Waals surface area contributed by atoms with Crippen LogP contribution in [0.5, 0.6) is 17.2 Å². The molecule has 3 fully saturated rings. The molecule has 15 atom stereocenters. The van der Waals surface area contributed by atoms with E-state index < -0.39 is 198 Å². The van der Waals surface area contributed by atoms with E-state index in [1.54, 1.807) is 12.1 Å². The summed E-state index contributed by atoms with van der Waals surface area (Å²) in [5.41, 5.74) is 7.99. The number of hydrogen-bond acceptors (Lipinski definition) is 21. The first kappa shape index (κ1) is 68.1. The van der Waals surface area contributed by atoms with Crippen LogP contribution in [0.1, 0.15) is 74.9 Å². The molecule has 89 heavy (non-hydrogen) atoms. The summed E-state index contributed by atoms with van der Waals surface area (Å²) in [5, 5.41) is 112. The van der Waals surface area contributed by atoms with Crippen LogP contribution in [-0.4, -0.2) is 215 Å². The monoisotopic (exact) mass is 1260 g/mol. The standard InChI is InChI=1S/C58H72N8O22S/c1-4-5-20-87-36-17-14-32(15-18-36)30-8-6-29(7-9-30)31-10-12-33(13-11-31)51(76)60-37-23-41(71)54(79)64-56(81)47-48(73)27(2)25-66(47)58(83)45(40(70)24-43(59)72)62-55(80)46(50(75)49(74)34-16-19-39(69)42(21-34)88-89(84,85)86)63-53(78)38-22-35(68)26-65(38)57(82)44(28(3)67)61-52(37)77/h6-19,21,27-28,35,37-38,40-41,44-50,54,67-71,73-75,79H,4-5,20,22-26H2,1-3H3,(H2,59,72)(H,60,76)(H,61,77)(H,62,80)(H,63,78)(H,64,81)(H,84,85,86)/t27-,28+,35+,37-,38-,40+,41+,44-,45-,46-,47-,48-,49-,50-,54+/m0/s1. The molecular formula is C58H72N8O22S. The Morgan fingerprint density at radius 2 is 1.28 bits per heavy atom. The van der Waals surface area contributed by atoms with Crippen molar-refractivity contribution in [1.29, 1.82) is 0 Å². The Bertz CT molecular complexity index is 3340.